The molecule has 4 heteroatoms. The molecule has 70 valence electrons. The SMILES string of the molecule is C=CC(=O)OC.OC1CCCO1. The molecule has 0 bridgehead atoms. The first-order valence-corrected chi connectivity index (χ1v) is 3.70. The molecule has 1 aliphatic rings. The summed E-state index contributed by atoms with van der Waals surface area (Å²) in [7, 11) is 1.31. The zero-order chi connectivity index (χ0) is 9.40. The van der Waals surface area contributed by atoms with Gasteiger partial charge in [-0.3, -0.25) is 0 Å². The molecular formula is C8H14O4. The molecule has 0 radical (unpaired) electrons. The zero-order valence-corrected chi connectivity index (χ0v) is 7.16. The smallest absolute Gasteiger partial charge is 0.329 e. The molecule has 1 N–H and O–H groups in total. The van der Waals surface area contributed by atoms with Gasteiger partial charge in [0, 0.05) is 19.1 Å². The fraction of sp³-hybridized carbons (Fsp3) is 0.625. The number of esters is 1. The lowest BCUT2D eigenvalue weighted by Gasteiger charge is -1.93. The minimum Gasteiger partial charge on any atom is -0.466 e. The summed E-state index contributed by atoms with van der Waals surface area (Å²) in [5.74, 6) is -0.394. The summed E-state index contributed by atoms with van der Waals surface area (Å²) in [6, 6.07) is 0. The lowest BCUT2D eigenvalue weighted by atomic mass is 10.4. The maximum absolute atomic E-state index is 9.84. The molecule has 1 aliphatic heterocycles. The number of ether oxygens (including phenoxy) is 2. The maximum Gasteiger partial charge on any atom is 0.329 e. The van der Waals surface area contributed by atoms with Crippen molar-refractivity contribution in [2.75, 3.05) is 13.7 Å². The van der Waals surface area contributed by atoms with Crippen LogP contribution in [-0.2, 0) is 14.3 Å². The second-order valence-electron chi connectivity index (χ2n) is 2.19. The van der Waals surface area contributed by atoms with Gasteiger partial charge >= 0.3 is 5.97 Å². The van der Waals surface area contributed by atoms with E-state index in [9.17, 15) is 4.79 Å². The Morgan fingerprint density at radius 1 is 1.83 bits per heavy atom. The number of hydrogen-bond donors (Lipinski definition) is 1. The molecule has 0 aromatic rings. The van der Waals surface area contributed by atoms with Crippen LogP contribution in [0.5, 0.6) is 0 Å². The van der Waals surface area contributed by atoms with E-state index in [-0.39, 0.29) is 0 Å². The Morgan fingerprint density at radius 3 is 2.58 bits per heavy atom. The molecule has 1 rings (SSSR count). The van der Waals surface area contributed by atoms with E-state index in [0.29, 0.717) is 0 Å². The Balaban J connectivity index is 0.000000202. The Labute approximate surface area is 71.8 Å². The van der Waals surface area contributed by atoms with Gasteiger partial charge in [0.2, 0.25) is 0 Å². The van der Waals surface area contributed by atoms with Crippen LogP contribution in [0, 0.1) is 0 Å². The summed E-state index contributed by atoms with van der Waals surface area (Å²) in [6.07, 6.45) is 2.49. The van der Waals surface area contributed by atoms with Crippen LogP contribution >= 0.6 is 0 Å². The Kier molecular flexibility index (Phi) is 6.32. The largest absolute Gasteiger partial charge is 0.466 e. The topological polar surface area (TPSA) is 55.8 Å². The fourth-order valence-corrected chi connectivity index (χ4v) is 0.644. The number of carbonyl (C=O) groups is 1. The third-order valence-corrected chi connectivity index (χ3v) is 1.27. The Morgan fingerprint density at radius 2 is 2.50 bits per heavy atom. The first-order valence-electron chi connectivity index (χ1n) is 3.70. The van der Waals surface area contributed by atoms with Gasteiger partial charge in [-0.05, 0) is 6.42 Å². The van der Waals surface area contributed by atoms with Crippen LogP contribution in [0.3, 0.4) is 0 Å². The number of methoxy groups -OCH3 is 1. The summed E-state index contributed by atoms with van der Waals surface area (Å²) in [6.45, 7) is 3.89. The lowest BCUT2D eigenvalue weighted by molar-refractivity contribution is -0.134. The highest BCUT2D eigenvalue weighted by Gasteiger charge is 2.09. The third kappa shape index (κ3) is 5.88. The standard InChI is InChI=1S/C4H8O2.C4H6O2/c5-4-2-1-3-6-4;1-3-4(5)6-2/h4-5H,1-3H2;3H,1H2,2H3. The third-order valence-electron chi connectivity index (χ3n) is 1.27. The maximum atomic E-state index is 9.84. The normalized spacial score (nSPS) is 20.7. The summed E-state index contributed by atoms with van der Waals surface area (Å²) < 4.78 is 8.85. The van der Waals surface area contributed by atoms with Crippen LogP contribution in [0.2, 0.25) is 0 Å². The summed E-state index contributed by atoms with van der Waals surface area (Å²) in [5, 5.41) is 8.51. The summed E-state index contributed by atoms with van der Waals surface area (Å²) in [4.78, 5) is 9.84. The van der Waals surface area contributed by atoms with Gasteiger partial charge in [0.15, 0.2) is 6.29 Å². The second kappa shape index (κ2) is 6.82. The van der Waals surface area contributed by atoms with Crippen LogP contribution < -0.4 is 0 Å². The van der Waals surface area contributed by atoms with Crippen molar-refractivity contribution in [3.63, 3.8) is 0 Å². The summed E-state index contributed by atoms with van der Waals surface area (Å²) in [5.41, 5.74) is 0. The van der Waals surface area contributed by atoms with Crippen molar-refractivity contribution >= 4 is 5.97 Å². The zero-order valence-electron chi connectivity index (χ0n) is 7.16. The van der Waals surface area contributed by atoms with Crippen molar-refractivity contribution in [3.05, 3.63) is 12.7 Å². The molecule has 1 atom stereocenters. The van der Waals surface area contributed by atoms with Gasteiger partial charge in [0.25, 0.3) is 0 Å². The molecular weight excluding hydrogens is 160 g/mol. The molecule has 0 aromatic carbocycles. The average Bonchev–Trinajstić information content (AvgIpc) is 2.55. The number of hydrogen-bond acceptors (Lipinski definition) is 4. The van der Waals surface area contributed by atoms with E-state index in [1.54, 1.807) is 0 Å². The molecule has 0 aliphatic carbocycles. The predicted octanol–water partition coefficient (Wildman–Crippen LogP) is 0.461. The molecule has 0 aromatic heterocycles. The lowest BCUT2D eigenvalue weighted by Crippen LogP contribution is -1.99. The van der Waals surface area contributed by atoms with E-state index in [1.165, 1.54) is 7.11 Å². The van der Waals surface area contributed by atoms with E-state index < -0.39 is 12.3 Å². The Bertz CT molecular complexity index is 138. The first kappa shape index (κ1) is 11.1. The van der Waals surface area contributed by atoms with Crippen molar-refractivity contribution in [1.82, 2.24) is 0 Å². The molecule has 1 fully saturated rings. The molecule has 4 nitrogen and oxygen atoms in total. The van der Waals surface area contributed by atoms with Gasteiger partial charge in [-0.15, -0.1) is 0 Å². The van der Waals surface area contributed by atoms with Crippen LogP contribution in [0.1, 0.15) is 12.8 Å². The van der Waals surface area contributed by atoms with E-state index in [2.05, 4.69) is 11.3 Å². The van der Waals surface area contributed by atoms with Gasteiger partial charge < -0.3 is 14.6 Å². The second-order valence-corrected chi connectivity index (χ2v) is 2.19. The van der Waals surface area contributed by atoms with Crippen molar-refractivity contribution in [1.29, 1.82) is 0 Å². The fourth-order valence-electron chi connectivity index (χ4n) is 0.644. The molecule has 1 saturated heterocycles. The van der Waals surface area contributed by atoms with E-state index in [4.69, 9.17) is 9.84 Å². The minimum atomic E-state index is -0.454. The number of aliphatic hydroxyl groups is 1. The van der Waals surface area contributed by atoms with Crippen molar-refractivity contribution in [2.45, 2.75) is 19.1 Å². The number of rotatable bonds is 1. The van der Waals surface area contributed by atoms with Gasteiger partial charge in [0.1, 0.15) is 0 Å². The molecule has 0 saturated carbocycles. The Hall–Kier alpha value is -0.870. The van der Waals surface area contributed by atoms with E-state index >= 15 is 0 Å². The molecule has 1 unspecified atom stereocenters. The van der Waals surface area contributed by atoms with Crippen molar-refractivity contribution < 1.29 is 19.4 Å². The predicted molar refractivity (Wildman–Crippen MR) is 43.4 cm³/mol. The highest BCUT2D eigenvalue weighted by Crippen LogP contribution is 2.06. The highest BCUT2D eigenvalue weighted by atomic mass is 16.6. The number of aliphatic hydroxyl groups excluding tert-OH is 1. The highest BCUT2D eigenvalue weighted by molar-refractivity contribution is 5.80. The molecule has 0 amide bonds. The van der Waals surface area contributed by atoms with Crippen LogP contribution in [0.25, 0.3) is 0 Å². The van der Waals surface area contributed by atoms with Gasteiger partial charge in [0.05, 0.1) is 7.11 Å². The van der Waals surface area contributed by atoms with E-state index in [1.807, 2.05) is 0 Å². The van der Waals surface area contributed by atoms with Gasteiger partial charge in [-0.1, -0.05) is 6.58 Å². The molecule has 12 heavy (non-hydrogen) atoms. The van der Waals surface area contributed by atoms with Gasteiger partial charge in [-0.25, -0.2) is 4.79 Å². The number of carbonyl (C=O) groups excluding carboxylic acids is 1. The molecule has 0 spiro atoms. The van der Waals surface area contributed by atoms with E-state index in [0.717, 1.165) is 25.5 Å². The van der Waals surface area contributed by atoms with Crippen LogP contribution in [0.4, 0.5) is 0 Å². The monoisotopic (exact) mass is 174 g/mol. The van der Waals surface area contributed by atoms with Crippen LogP contribution in [0.15, 0.2) is 12.7 Å². The summed E-state index contributed by atoms with van der Waals surface area (Å²) >= 11 is 0. The molecule has 1 heterocycles. The first-order chi connectivity index (χ1) is 5.70. The van der Waals surface area contributed by atoms with Crippen molar-refractivity contribution in [2.24, 2.45) is 0 Å². The van der Waals surface area contributed by atoms with Crippen molar-refractivity contribution in [3.8, 4) is 0 Å². The quantitative estimate of drug-likeness (QED) is 0.463. The van der Waals surface area contributed by atoms with Crippen LogP contribution in [-0.4, -0.2) is 31.1 Å². The van der Waals surface area contributed by atoms with Gasteiger partial charge in [-0.2, -0.15) is 0 Å². The average molecular weight is 174 g/mol. The minimum absolute atomic E-state index is 0.394.